The van der Waals surface area contributed by atoms with E-state index >= 15 is 0 Å². The Balaban J connectivity index is 1.70. The van der Waals surface area contributed by atoms with E-state index in [9.17, 15) is 8.42 Å². The second-order valence-corrected chi connectivity index (χ2v) is 7.51. The molecule has 0 saturated carbocycles. The van der Waals surface area contributed by atoms with Gasteiger partial charge in [0.25, 0.3) is 10.0 Å². The molecule has 5 heteroatoms. The number of benzene rings is 3. The molecule has 1 aliphatic rings. The van der Waals surface area contributed by atoms with Crippen LogP contribution in [0.3, 0.4) is 0 Å². The van der Waals surface area contributed by atoms with Crippen molar-refractivity contribution in [2.75, 3.05) is 4.72 Å². The predicted molar refractivity (Wildman–Crippen MR) is 100 cm³/mol. The molecule has 0 saturated heterocycles. The lowest BCUT2D eigenvalue weighted by molar-refractivity contribution is 0.601. The predicted octanol–water partition coefficient (Wildman–Crippen LogP) is 4.16. The Kier molecular flexibility index (Phi) is 3.86. The van der Waals surface area contributed by atoms with Crippen molar-refractivity contribution in [1.82, 2.24) is 0 Å². The third kappa shape index (κ3) is 3.06. The van der Waals surface area contributed by atoms with Crippen molar-refractivity contribution in [3.05, 3.63) is 90.0 Å². The van der Waals surface area contributed by atoms with Gasteiger partial charge in [-0.25, -0.2) is 8.42 Å². The summed E-state index contributed by atoms with van der Waals surface area (Å²) in [7, 11) is -3.64. The maximum atomic E-state index is 12.6. The standard InChI is InChI=1S/C20H16N2O2S/c23-25(24,16-9-2-1-3-10-16)22-19-13-7-5-11-17(19)20-14-15-8-4-6-12-18(15)21-20/h1-13,22H,14H2. The van der Waals surface area contributed by atoms with Crippen LogP contribution in [0, 0.1) is 0 Å². The van der Waals surface area contributed by atoms with Gasteiger partial charge in [0.15, 0.2) is 0 Å². The molecular weight excluding hydrogens is 332 g/mol. The topological polar surface area (TPSA) is 58.5 Å². The summed E-state index contributed by atoms with van der Waals surface area (Å²) in [6.07, 6.45) is 0.695. The van der Waals surface area contributed by atoms with Crippen LogP contribution >= 0.6 is 0 Å². The smallest absolute Gasteiger partial charge is 0.261 e. The number of nitrogens with one attached hydrogen (secondary N) is 1. The molecule has 25 heavy (non-hydrogen) atoms. The quantitative estimate of drug-likeness (QED) is 0.769. The molecule has 0 bridgehead atoms. The molecule has 1 aliphatic heterocycles. The van der Waals surface area contributed by atoms with Crippen molar-refractivity contribution in [1.29, 1.82) is 0 Å². The number of aliphatic imine (C=N–C) groups is 1. The Hall–Kier alpha value is -2.92. The molecule has 3 aromatic rings. The van der Waals surface area contributed by atoms with Gasteiger partial charge in [0.1, 0.15) is 0 Å². The van der Waals surface area contributed by atoms with Crippen LogP contribution in [-0.4, -0.2) is 14.1 Å². The van der Waals surface area contributed by atoms with E-state index in [0.717, 1.165) is 22.5 Å². The van der Waals surface area contributed by atoms with Crippen molar-refractivity contribution in [2.24, 2.45) is 4.99 Å². The molecular formula is C20H16N2O2S. The van der Waals surface area contributed by atoms with E-state index in [2.05, 4.69) is 9.71 Å². The second-order valence-electron chi connectivity index (χ2n) is 5.83. The fraction of sp³-hybridized carbons (Fsp3) is 0.0500. The Bertz CT molecular complexity index is 1060. The second kappa shape index (κ2) is 6.18. The number of hydrogen-bond donors (Lipinski definition) is 1. The Labute approximate surface area is 146 Å². The van der Waals surface area contributed by atoms with E-state index in [1.54, 1.807) is 36.4 Å². The van der Waals surface area contributed by atoms with Crippen molar-refractivity contribution >= 4 is 27.1 Å². The zero-order chi connectivity index (χ0) is 17.3. The molecule has 124 valence electrons. The van der Waals surface area contributed by atoms with Crippen LogP contribution in [-0.2, 0) is 16.4 Å². The van der Waals surface area contributed by atoms with Crippen LogP contribution in [0.1, 0.15) is 11.1 Å². The molecule has 4 rings (SSSR count). The fourth-order valence-electron chi connectivity index (χ4n) is 2.92. The lowest BCUT2D eigenvalue weighted by Crippen LogP contribution is -2.15. The van der Waals surface area contributed by atoms with E-state index in [4.69, 9.17) is 0 Å². The van der Waals surface area contributed by atoms with E-state index < -0.39 is 10.0 Å². The largest absolute Gasteiger partial charge is 0.279 e. The average molecular weight is 348 g/mol. The van der Waals surface area contributed by atoms with Gasteiger partial charge < -0.3 is 0 Å². The molecule has 4 nitrogen and oxygen atoms in total. The van der Waals surface area contributed by atoms with Crippen LogP contribution in [0.15, 0.2) is 88.8 Å². The van der Waals surface area contributed by atoms with Crippen molar-refractivity contribution in [2.45, 2.75) is 11.3 Å². The fourth-order valence-corrected chi connectivity index (χ4v) is 4.02. The zero-order valence-corrected chi connectivity index (χ0v) is 14.2. The molecule has 0 atom stereocenters. The molecule has 0 unspecified atom stereocenters. The number of sulfonamides is 1. The van der Waals surface area contributed by atoms with Crippen molar-refractivity contribution in [3.63, 3.8) is 0 Å². The van der Waals surface area contributed by atoms with Gasteiger partial charge in [0.2, 0.25) is 0 Å². The molecule has 0 radical (unpaired) electrons. The minimum absolute atomic E-state index is 0.237. The molecule has 0 amide bonds. The highest BCUT2D eigenvalue weighted by molar-refractivity contribution is 7.92. The van der Waals surface area contributed by atoms with E-state index in [1.807, 2.05) is 42.5 Å². The molecule has 0 aliphatic carbocycles. The van der Waals surface area contributed by atoms with Crippen LogP contribution in [0.25, 0.3) is 0 Å². The first-order valence-corrected chi connectivity index (χ1v) is 9.44. The first kappa shape index (κ1) is 15.6. The Morgan fingerprint density at radius 1 is 0.800 bits per heavy atom. The number of hydrogen-bond acceptors (Lipinski definition) is 3. The number of anilines is 1. The van der Waals surface area contributed by atoms with Crippen molar-refractivity contribution in [3.8, 4) is 0 Å². The lowest BCUT2D eigenvalue weighted by Gasteiger charge is -2.12. The zero-order valence-electron chi connectivity index (χ0n) is 13.4. The Morgan fingerprint density at radius 2 is 1.48 bits per heavy atom. The summed E-state index contributed by atoms with van der Waals surface area (Å²) in [5, 5.41) is 0. The van der Waals surface area contributed by atoms with Gasteiger partial charge in [-0.2, -0.15) is 0 Å². The SMILES string of the molecule is O=S(=O)(Nc1ccccc1C1=Nc2ccccc2C1)c1ccccc1. The molecule has 1 heterocycles. The van der Waals surface area contributed by atoms with Crippen LogP contribution in [0.4, 0.5) is 11.4 Å². The highest BCUT2D eigenvalue weighted by Crippen LogP contribution is 2.31. The summed E-state index contributed by atoms with van der Waals surface area (Å²) < 4.78 is 28.0. The van der Waals surface area contributed by atoms with E-state index in [1.165, 1.54) is 0 Å². The lowest BCUT2D eigenvalue weighted by atomic mass is 10.0. The van der Waals surface area contributed by atoms with Crippen LogP contribution in [0.2, 0.25) is 0 Å². The average Bonchev–Trinajstić information content (AvgIpc) is 3.06. The monoisotopic (exact) mass is 348 g/mol. The summed E-state index contributed by atoms with van der Waals surface area (Å²) in [4.78, 5) is 4.90. The Morgan fingerprint density at radius 3 is 2.28 bits per heavy atom. The number of nitrogens with zero attached hydrogens (tertiary/aromatic N) is 1. The summed E-state index contributed by atoms with van der Waals surface area (Å²) in [6.45, 7) is 0. The normalized spacial score (nSPS) is 13.2. The van der Waals surface area contributed by atoms with Crippen LogP contribution in [0.5, 0.6) is 0 Å². The van der Waals surface area contributed by atoms with Crippen molar-refractivity contribution < 1.29 is 8.42 Å². The third-order valence-electron chi connectivity index (χ3n) is 4.14. The maximum Gasteiger partial charge on any atom is 0.261 e. The first-order chi connectivity index (χ1) is 12.1. The minimum atomic E-state index is -3.64. The van der Waals surface area contributed by atoms with Gasteiger partial charge in [0, 0.05) is 12.0 Å². The van der Waals surface area contributed by atoms with Gasteiger partial charge >= 0.3 is 0 Å². The summed E-state index contributed by atoms with van der Waals surface area (Å²) >= 11 is 0. The minimum Gasteiger partial charge on any atom is -0.279 e. The van der Waals surface area contributed by atoms with Gasteiger partial charge in [-0.05, 0) is 29.8 Å². The van der Waals surface area contributed by atoms with Gasteiger partial charge in [-0.3, -0.25) is 9.71 Å². The van der Waals surface area contributed by atoms with Crippen LogP contribution < -0.4 is 4.72 Å². The maximum absolute atomic E-state index is 12.6. The number of para-hydroxylation sites is 2. The van der Waals surface area contributed by atoms with Gasteiger partial charge in [-0.15, -0.1) is 0 Å². The van der Waals surface area contributed by atoms with Gasteiger partial charge in [-0.1, -0.05) is 54.6 Å². The highest BCUT2D eigenvalue weighted by Gasteiger charge is 2.20. The number of fused-ring (bicyclic) bond motifs is 1. The first-order valence-electron chi connectivity index (χ1n) is 7.96. The summed E-state index contributed by atoms with van der Waals surface area (Å²) in [6, 6.07) is 23.7. The van der Waals surface area contributed by atoms with Gasteiger partial charge in [0.05, 0.1) is 22.0 Å². The van der Waals surface area contributed by atoms with E-state index in [0.29, 0.717) is 12.1 Å². The molecule has 0 spiro atoms. The highest BCUT2D eigenvalue weighted by atomic mass is 32.2. The van der Waals surface area contributed by atoms with E-state index in [-0.39, 0.29) is 4.90 Å². The molecule has 0 aromatic heterocycles. The number of rotatable bonds is 4. The third-order valence-corrected chi connectivity index (χ3v) is 5.52. The molecule has 3 aromatic carbocycles. The molecule has 0 fully saturated rings. The summed E-state index contributed by atoms with van der Waals surface area (Å²) in [5.74, 6) is 0. The molecule has 1 N–H and O–H groups in total. The summed E-state index contributed by atoms with van der Waals surface area (Å²) in [5.41, 5.74) is 4.31.